The lowest BCUT2D eigenvalue weighted by Gasteiger charge is -2.21. The molecule has 1 heterocycles. The summed E-state index contributed by atoms with van der Waals surface area (Å²) in [4.78, 5) is 10.7. The van der Waals surface area contributed by atoms with Crippen LogP contribution in [0.25, 0.3) is 0 Å². The van der Waals surface area contributed by atoms with Crippen molar-refractivity contribution in [2.24, 2.45) is 4.99 Å². The summed E-state index contributed by atoms with van der Waals surface area (Å²) in [6.07, 6.45) is 5.82. The summed E-state index contributed by atoms with van der Waals surface area (Å²) in [5.41, 5.74) is 1.07. The standard InChI is InChI=1S/C17H28N4O2.HI/c1-5-6-7-10-21(3)17(18-2)20-14-15-8-9-16(19-13-15)23-12-11-22-4;/h5,8-9,13H,1,6-7,10-12,14H2,2-4H3,(H,18,20);1H. The molecular weight excluding hydrogens is 419 g/mol. The van der Waals surface area contributed by atoms with Crippen molar-refractivity contribution in [3.05, 3.63) is 36.5 Å². The second kappa shape index (κ2) is 14.0. The Bertz CT molecular complexity index is 480. The maximum atomic E-state index is 5.44. The Balaban J connectivity index is 0.00000529. The highest BCUT2D eigenvalue weighted by atomic mass is 127. The van der Waals surface area contributed by atoms with Crippen LogP contribution in [0.4, 0.5) is 0 Å². The summed E-state index contributed by atoms with van der Waals surface area (Å²) in [6, 6.07) is 3.86. The first-order chi connectivity index (χ1) is 11.2. The van der Waals surface area contributed by atoms with Crippen molar-refractivity contribution in [3.8, 4) is 5.88 Å². The molecule has 0 radical (unpaired) electrons. The highest BCUT2D eigenvalue weighted by molar-refractivity contribution is 14.0. The molecule has 136 valence electrons. The maximum Gasteiger partial charge on any atom is 0.213 e. The lowest BCUT2D eigenvalue weighted by Crippen LogP contribution is -2.38. The summed E-state index contributed by atoms with van der Waals surface area (Å²) in [7, 11) is 5.47. The molecule has 1 rings (SSSR count). The third-order valence-corrected chi connectivity index (χ3v) is 3.26. The lowest BCUT2D eigenvalue weighted by molar-refractivity contribution is 0.143. The van der Waals surface area contributed by atoms with Gasteiger partial charge in [0.1, 0.15) is 6.61 Å². The van der Waals surface area contributed by atoms with E-state index >= 15 is 0 Å². The van der Waals surface area contributed by atoms with Crippen molar-refractivity contribution in [3.63, 3.8) is 0 Å². The van der Waals surface area contributed by atoms with E-state index in [1.807, 2.05) is 25.3 Å². The molecule has 0 aliphatic heterocycles. The number of hydrogen-bond donors (Lipinski definition) is 1. The number of ether oxygens (including phenoxy) is 2. The van der Waals surface area contributed by atoms with Gasteiger partial charge in [0.15, 0.2) is 5.96 Å². The van der Waals surface area contributed by atoms with Crippen molar-refractivity contribution >= 4 is 29.9 Å². The van der Waals surface area contributed by atoms with Gasteiger partial charge in [-0.25, -0.2) is 4.98 Å². The Morgan fingerprint density at radius 2 is 2.21 bits per heavy atom. The average Bonchev–Trinajstić information content (AvgIpc) is 2.57. The lowest BCUT2D eigenvalue weighted by atomic mass is 10.3. The van der Waals surface area contributed by atoms with Gasteiger partial charge in [-0.3, -0.25) is 4.99 Å². The monoisotopic (exact) mass is 448 g/mol. The summed E-state index contributed by atoms with van der Waals surface area (Å²) in [5, 5.41) is 3.33. The van der Waals surface area contributed by atoms with E-state index in [9.17, 15) is 0 Å². The normalized spacial score (nSPS) is 10.7. The Kier molecular flexibility index (Phi) is 13.2. The Morgan fingerprint density at radius 1 is 1.42 bits per heavy atom. The number of pyridine rings is 1. The molecule has 0 aromatic carbocycles. The number of unbranched alkanes of at least 4 members (excludes halogenated alkanes) is 1. The fourth-order valence-corrected chi connectivity index (χ4v) is 1.97. The molecule has 7 heteroatoms. The highest BCUT2D eigenvalue weighted by Crippen LogP contribution is 2.07. The van der Waals surface area contributed by atoms with E-state index in [4.69, 9.17) is 9.47 Å². The first-order valence-corrected chi connectivity index (χ1v) is 7.80. The minimum Gasteiger partial charge on any atom is -0.475 e. The second-order valence-electron chi connectivity index (χ2n) is 5.10. The van der Waals surface area contributed by atoms with E-state index in [1.54, 1.807) is 20.4 Å². The molecule has 1 aromatic rings. The highest BCUT2D eigenvalue weighted by Gasteiger charge is 2.05. The largest absolute Gasteiger partial charge is 0.475 e. The van der Waals surface area contributed by atoms with Crippen molar-refractivity contribution in [1.82, 2.24) is 15.2 Å². The molecule has 0 saturated heterocycles. The zero-order valence-electron chi connectivity index (χ0n) is 14.8. The van der Waals surface area contributed by atoms with Gasteiger partial charge in [-0.15, -0.1) is 30.6 Å². The van der Waals surface area contributed by atoms with E-state index in [1.165, 1.54) is 0 Å². The molecule has 0 bridgehead atoms. The molecule has 24 heavy (non-hydrogen) atoms. The quantitative estimate of drug-likeness (QED) is 0.196. The predicted octanol–water partition coefficient (Wildman–Crippen LogP) is 2.70. The van der Waals surface area contributed by atoms with Gasteiger partial charge in [0.05, 0.1) is 6.61 Å². The van der Waals surface area contributed by atoms with E-state index in [-0.39, 0.29) is 24.0 Å². The van der Waals surface area contributed by atoms with Gasteiger partial charge in [0, 0.05) is 46.6 Å². The number of allylic oxidation sites excluding steroid dienone is 1. The zero-order chi connectivity index (χ0) is 16.9. The minimum absolute atomic E-state index is 0. The number of aliphatic imine (C=N–C) groups is 1. The van der Waals surface area contributed by atoms with Gasteiger partial charge in [0.25, 0.3) is 0 Å². The topological polar surface area (TPSA) is 59.0 Å². The fourth-order valence-electron chi connectivity index (χ4n) is 1.97. The molecule has 1 N–H and O–H groups in total. The van der Waals surface area contributed by atoms with Gasteiger partial charge < -0.3 is 19.7 Å². The van der Waals surface area contributed by atoms with Crippen LogP contribution < -0.4 is 10.1 Å². The summed E-state index contributed by atoms with van der Waals surface area (Å²) < 4.78 is 10.4. The third-order valence-electron chi connectivity index (χ3n) is 3.26. The van der Waals surface area contributed by atoms with E-state index in [0.29, 0.717) is 25.6 Å². The second-order valence-corrected chi connectivity index (χ2v) is 5.10. The fraction of sp³-hybridized carbons (Fsp3) is 0.529. The Labute approximate surface area is 162 Å². The first kappa shape index (κ1) is 22.6. The van der Waals surface area contributed by atoms with Gasteiger partial charge >= 0.3 is 0 Å². The van der Waals surface area contributed by atoms with Crippen LogP contribution in [0.5, 0.6) is 5.88 Å². The number of halogens is 1. The van der Waals surface area contributed by atoms with Gasteiger partial charge in [0.2, 0.25) is 5.88 Å². The van der Waals surface area contributed by atoms with Crippen molar-refractivity contribution < 1.29 is 9.47 Å². The van der Waals surface area contributed by atoms with Gasteiger partial charge in [-0.1, -0.05) is 12.1 Å². The van der Waals surface area contributed by atoms with E-state index in [0.717, 1.165) is 30.9 Å². The molecular formula is C17H29IN4O2. The Morgan fingerprint density at radius 3 is 2.79 bits per heavy atom. The molecule has 0 spiro atoms. The van der Waals surface area contributed by atoms with Crippen LogP contribution in [-0.4, -0.2) is 56.8 Å². The number of nitrogens with one attached hydrogen (secondary N) is 1. The molecule has 0 saturated carbocycles. The molecule has 6 nitrogen and oxygen atoms in total. The number of hydrogen-bond acceptors (Lipinski definition) is 4. The summed E-state index contributed by atoms with van der Waals surface area (Å²) in [6.45, 7) is 6.41. The molecule has 1 aromatic heterocycles. The summed E-state index contributed by atoms with van der Waals surface area (Å²) in [5.74, 6) is 1.48. The van der Waals surface area contributed by atoms with Crippen molar-refractivity contribution in [2.75, 3.05) is 41.0 Å². The predicted molar refractivity (Wildman–Crippen MR) is 109 cm³/mol. The smallest absolute Gasteiger partial charge is 0.213 e. The number of methoxy groups -OCH3 is 1. The first-order valence-electron chi connectivity index (χ1n) is 7.80. The molecule has 0 aliphatic rings. The van der Waals surface area contributed by atoms with Crippen LogP contribution in [0, 0.1) is 0 Å². The van der Waals surface area contributed by atoms with Crippen LogP contribution in [0.3, 0.4) is 0 Å². The molecule has 0 atom stereocenters. The van der Waals surface area contributed by atoms with Crippen LogP contribution in [-0.2, 0) is 11.3 Å². The number of guanidine groups is 1. The summed E-state index contributed by atoms with van der Waals surface area (Å²) >= 11 is 0. The number of nitrogens with zero attached hydrogens (tertiary/aromatic N) is 3. The van der Waals surface area contributed by atoms with Gasteiger partial charge in [-0.2, -0.15) is 0 Å². The van der Waals surface area contributed by atoms with E-state index < -0.39 is 0 Å². The SMILES string of the molecule is C=CCCCN(C)C(=NC)NCc1ccc(OCCOC)nc1.I. The average molecular weight is 448 g/mol. The minimum atomic E-state index is 0. The molecule has 0 fully saturated rings. The molecule has 0 amide bonds. The Hall–Kier alpha value is -1.35. The van der Waals surface area contributed by atoms with Crippen molar-refractivity contribution in [1.29, 1.82) is 0 Å². The third kappa shape index (κ3) is 9.07. The number of aromatic nitrogens is 1. The van der Waals surface area contributed by atoms with Crippen LogP contribution in [0.2, 0.25) is 0 Å². The van der Waals surface area contributed by atoms with Crippen LogP contribution in [0.15, 0.2) is 36.0 Å². The number of rotatable bonds is 10. The van der Waals surface area contributed by atoms with Crippen molar-refractivity contribution in [2.45, 2.75) is 19.4 Å². The molecule has 0 unspecified atom stereocenters. The maximum absolute atomic E-state index is 5.44. The van der Waals surface area contributed by atoms with E-state index in [2.05, 4.69) is 26.8 Å². The molecule has 0 aliphatic carbocycles. The van der Waals surface area contributed by atoms with Gasteiger partial charge in [-0.05, 0) is 18.4 Å². The van der Waals surface area contributed by atoms with Crippen LogP contribution >= 0.6 is 24.0 Å². The zero-order valence-corrected chi connectivity index (χ0v) is 17.2. The van der Waals surface area contributed by atoms with Crippen LogP contribution in [0.1, 0.15) is 18.4 Å².